The van der Waals surface area contributed by atoms with Crippen molar-refractivity contribution in [1.82, 2.24) is 19.8 Å². The van der Waals surface area contributed by atoms with E-state index in [1.165, 1.54) is 17.7 Å². The van der Waals surface area contributed by atoms with Gasteiger partial charge in [0.25, 0.3) is 5.56 Å². The summed E-state index contributed by atoms with van der Waals surface area (Å²) in [5, 5.41) is 12.0. The van der Waals surface area contributed by atoms with Crippen molar-refractivity contribution in [3.05, 3.63) is 57.4 Å². The van der Waals surface area contributed by atoms with Gasteiger partial charge in [-0.05, 0) is 39.7 Å². The molecule has 1 aromatic rings. The van der Waals surface area contributed by atoms with Crippen LogP contribution < -0.4 is 10.9 Å². The number of nitrogens with zero attached hydrogens (tertiary/aromatic N) is 4. The molecule has 1 aromatic heterocycles. The molecule has 0 fully saturated rings. The average Bonchev–Trinajstić information content (AvgIpc) is 2.77. The number of likely N-dealkylation sites (N-methyl/N-ethyl adjacent to an activating group) is 1. The first-order valence-electron chi connectivity index (χ1n) is 10.7. The van der Waals surface area contributed by atoms with Crippen LogP contribution in [0.3, 0.4) is 0 Å². The first kappa shape index (κ1) is 25.6. The standard InChI is InChI=1S/C24H31N5O4/c1-7-24(3,4)28(5)22(31)15-29-16(2)26-20(13-21(29)30)18-11-9-8-10-17(14-25)12-19(18)27-23(32)33-6/h8-9,12-13H,7,10-11,15H2,1-6H3,(H,27,32)/b9-8-,17-12+,19-18-. The summed E-state index contributed by atoms with van der Waals surface area (Å²) in [6.45, 7) is 7.47. The van der Waals surface area contributed by atoms with Crippen LogP contribution in [0.15, 0.2) is 40.4 Å². The van der Waals surface area contributed by atoms with E-state index in [0.717, 1.165) is 6.42 Å². The van der Waals surface area contributed by atoms with Crippen molar-refractivity contribution < 1.29 is 14.3 Å². The summed E-state index contributed by atoms with van der Waals surface area (Å²) in [6.07, 6.45) is 6.15. The van der Waals surface area contributed by atoms with Crippen molar-refractivity contribution in [2.24, 2.45) is 0 Å². The molecular formula is C24H31N5O4. The first-order valence-corrected chi connectivity index (χ1v) is 10.7. The number of carbonyl (C=O) groups is 2. The average molecular weight is 454 g/mol. The first-order chi connectivity index (χ1) is 15.5. The Morgan fingerprint density at radius 1 is 1.33 bits per heavy atom. The number of allylic oxidation sites excluding steroid dienone is 5. The van der Waals surface area contributed by atoms with E-state index in [1.54, 1.807) is 24.9 Å². The number of hydrogen-bond donors (Lipinski definition) is 1. The fraction of sp³-hybridized carbons (Fsp3) is 0.458. The fourth-order valence-corrected chi connectivity index (χ4v) is 3.22. The molecule has 33 heavy (non-hydrogen) atoms. The van der Waals surface area contributed by atoms with E-state index < -0.39 is 6.09 Å². The molecule has 9 nitrogen and oxygen atoms in total. The number of nitrogens with one attached hydrogen (secondary N) is 1. The van der Waals surface area contributed by atoms with Crippen LogP contribution in [-0.2, 0) is 16.1 Å². The fourth-order valence-electron chi connectivity index (χ4n) is 3.22. The molecule has 2 rings (SSSR count). The van der Waals surface area contributed by atoms with Crippen LogP contribution in [0.5, 0.6) is 0 Å². The lowest BCUT2D eigenvalue weighted by Gasteiger charge is -2.35. The van der Waals surface area contributed by atoms with Crippen molar-refractivity contribution in [3.8, 4) is 6.07 Å². The highest BCUT2D eigenvalue weighted by atomic mass is 16.5. The normalized spacial score (nSPS) is 18.8. The third kappa shape index (κ3) is 6.19. The van der Waals surface area contributed by atoms with E-state index in [2.05, 4.69) is 16.4 Å². The van der Waals surface area contributed by atoms with Crippen molar-refractivity contribution in [2.45, 2.75) is 59.0 Å². The molecule has 0 saturated carbocycles. The molecule has 1 heterocycles. The van der Waals surface area contributed by atoms with Crippen molar-refractivity contribution in [3.63, 3.8) is 0 Å². The van der Waals surface area contributed by atoms with Crippen LogP contribution in [0.1, 0.15) is 51.6 Å². The summed E-state index contributed by atoms with van der Waals surface area (Å²) in [6, 6.07) is 3.44. The Morgan fingerprint density at radius 2 is 2.00 bits per heavy atom. The van der Waals surface area contributed by atoms with Crippen molar-refractivity contribution in [1.29, 1.82) is 5.26 Å². The Labute approximate surface area is 194 Å². The van der Waals surface area contributed by atoms with Gasteiger partial charge in [0, 0.05) is 36.2 Å². The van der Waals surface area contributed by atoms with Gasteiger partial charge >= 0.3 is 6.09 Å². The predicted molar refractivity (Wildman–Crippen MR) is 125 cm³/mol. The highest BCUT2D eigenvalue weighted by Gasteiger charge is 2.26. The van der Waals surface area contributed by atoms with Crippen molar-refractivity contribution >= 4 is 17.6 Å². The van der Waals surface area contributed by atoms with E-state index in [1.807, 2.05) is 32.9 Å². The third-order valence-electron chi connectivity index (χ3n) is 5.98. The van der Waals surface area contributed by atoms with Gasteiger partial charge in [-0.3, -0.25) is 19.5 Å². The number of carbonyl (C=O) groups excluding carboxylic acids is 2. The molecule has 176 valence electrons. The molecule has 0 atom stereocenters. The van der Waals surface area contributed by atoms with E-state index in [-0.39, 0.29) is 23.6 Å². The van der Waals surface area contributed by atoms with Crippen LogP contribution in [-0.4, -0.2) is 46.1 Å². The minimum absolute atomic E-state index is 0.122. The molecule has 1 aliphatic carbocycles. The molecular weight excluding hydrogens is 422 g/mol. The maximum Gasteiger partial charge on any atom is 0.411 e. The van der Waals surface area contributed by atoms with Crippen LogP contribution >= 0.6 is 0 Å². The summed E-state index contributed by atoms with van der Waals surface area (Å²) < 4.78 is 6.04. The summed E-state index contributed by atoms with van der Waals surface area (Å²) in [5.74, 6) is 0.179. The highest BCUT2D eigenvalue weighted by molar-refractivity contribution is 5.78. The number of methoxy groups -OCH3 is 1. The Kier molecular flexibility index (Phi) is 8.35. The molecule has 2 amide bonds. The number of amides is 2. The molecule has 0 saturated heterocycles. The van der Waals surface area contributed by atoms with Gasteiger partial charge in [-0.2, -0.15) is 5.26 Å². The SMILES string of the molecule is CCC(C)(C)N(C)C(=O)Cn1c(C)nc(/C2=C(NC(=O)OC)/C=C(/C#N)C/C=C\C2)cc1=O. The van der Waals surface area contributed by atoms with Crippen LogP contribution in [0.25, 0.3) is 5.57 Å². The van der Waals surface area contributed by atoms with Gasteiger partial charge in [0.2, 0.25) is 5.91 Å². The number of ether oxygens (including phenoxy) is 1. The number of nitriles is 1. The van der Waals surface area contributed by atoms with Crippen molar-refractivity contribution in [2.75, 3.05) is 14.2 Å². The quantitative estimate of drug-likeness (QED) is 0.662. The Hall–Kier alpha value is -3.67. The zero-order chi connectivity index (χ0) is 24.8. The molecule has 0 radical (unpaired) electrons. The van der Waals surface area contributed by atoms with Gasteiger partial charge in [-0.1, -0.05) is 19.1 Å². The molecule has 0 unspecified atom stereocenters. The van der Waals surface area contributed by atoms with E-state index in [4.69, 9.17) is 4.74 Å². The van der Waals surface area contributed by atoms with Gasteiger partial charge < -0.3 is 9.64 Å². The second kappa shape index (κ2) is 10.8. The van der Waals surface area contributed by atoms with E-state index in [9.17, 15) is 19.6 Å². The summed E-state index contributed by atoms with van der Waals surface area (Å²) >= 11 is 0. The topological polar surface area (TPSA) is 117 Å². The number of rotatable bonds is 6. The van der Waals surface area contributed by atoms with E-state index in [0.29, 0.717) is 41.2 Å². The molecule has 1 aliphatic rings. The molecule has 9 heteroatoms. The van der Waals surface area contributed by atoms with Gasteiger partial charge in [0.1, 0.15) is 12.4 Å². The molecule has 0 aromatic carbocycles. The number of hydrogen-bond acceptors (Lipinski definition) is 6. The maximum absolute atomic E-state index is 13.0. The van der Waals surface area contributed by atoms with Gasteiger partial charge in [0.05, 0.1) is 24.6 Å². The zero-order valence-corrected chi connectivity index (χ0v) is 20.1. The molecule has 0 spiro atoms. The van der Waals surface area contributed by atoms with Gasteiger partial charge in [0.15, 0.2) is 0 Å². The van der Waals surface area contributed by atoms with Gasteiger partial charge in [-0.15, -0.1) is 0 Å². The largest absolute Gasteiger partial charge is 0.453 e. The highest BCUT2D eigenvalue weighted by Crippen LogP contribution is 2.24. The predicted octanol–water partition coefficient (Wildman–Crippen LogP) is 3.07. The Balaban J connectivity index is 2.53. The van der Waals surface area contributed by atoms with Crippen LogP contribution in [0, 0.1) is 18.3 Å². The smallest absolute Gasteiger partial charge is 0.411 e. The zero-order valence-electron chi connectivity index (χ0n) is 20.1. The van der Waals surface area contributed by atoms with Crippen LogP contribution in [0.2, 0.25) is 0 Å². The minimum atomic E-state index is -0.696. The van der Waals surface area contributed by atoms with Crippen LogP contribution in [0.4, 0.5) is 4.79 Å². The molecule has 0 aliphatic heterocycles. The number of aromatic nitrogens is 2. The summed E-state index contributed by atoms with van der Waals surface area (Å²) in [4.78, 5) is 43.9. The van der Waals surface area contributed by atoms with E-state index >= 15 is 0 Å². The lowest BCUT2D eigenvalue weighted by Crippen LogP contribution is -2.47. The Bertz CT molecular complexity index is 1120. The third-order valence-corrected chi connectivity index (χ3v) is 5.98. The lowest BCUT2D eigenvalue weighted by molar-refractivity contribution is -0.135. The second-order valence-corrected chi connectivity index (χ2v) is 8.40. The summed E-state index contributed by atoms with van der Waals surface area (Å²) in [5.41, 5.74) is 0.979. The summed E-state index contributed by atoms with van der Waals surface area (Å²) in [7, 11) is 2.97. The molecule has 0 bridgehead atoms. The number of aryl methyl sites for hydroxylation is 1. The van der Waals surface area contributed by atoms with Gasteiger partial charge in [-0.25, -0.2) is 9.78 Å². The Morgan fingerprint density at radius 3 is 2.58 bits per heavy atom. The minimum Gasteiger partial charge on any atom is -0.453 e. The number of alkyl carbamates (subject to hydrolysis) is 1. The second-order valence-electron chi connectivity index (χ2n) is 8.40. The maximum atomic E-state index is 13.0. The monoisotopic (exact) mass is 453 g/mol. The molecule has 1 N–H and O–H groups in total. The lowest BCUT2D eigenvalue weighted by atomic mass is 9.99.